The van der Waals surface area contributed by atoms with Gasteiger partial charge in [0, 0.05) is 30.0 Å². The van der Waals surface area contributed by atoms with Crippen molar-refractivity contribution in [2.75, 3.05) is 5.32 Å². The minimum Gasteiger partial charge on any atom is -0.380 e. The number of H-pyrrole nitrogens is 1. The van der Waals surface area contributed by atoms with Gasteiger partial charge in [-0.15, -0.1) is 0 Å². The van der Waals surface area contributed by atoms with Gasteiger partial charge in [0.05, 0.1) is 0 Å². The molecule has 0 bridgehead atoms. The summed E-state index contributed by atoms with van der Waals surface area (Å²) in [4.78, 5) is 7.54. The topological polar surface area (TPSA) is 40.7 Å². The van der Waals surface area contributed by atoms with E-state index in [-0.39, 0.29) is 0 Å². The SMILES string of the molecule is CCc1cccc(C)c1NCc1c[nH]c2ncccc12. The van der Waals surface area contributed by atoms with Gasteiger partial charge in [-0.1, -0.05) is 25.1 Å². The third-order valence-corrected chi connectivity index (χ3v) is 3.73. The number of pyridine rings is 1. The monoisotopic (exact) mass is 265 g/mol. The molecule has 102 valence electrons. The second-order valence-electron chi connectivity index (χ2n) is 5.03. The van der Waals surface area contributed by atoms with Gasteiger partial charge in [-0.05, 0) is 42.2 Å². The molecule has 3 rings (SSSR count). The summed E-state index contributed by atoms with van der Waals surface area (Å²) in [6, 6.07) is 10.5. The Balaban J connectivity index is 1.87. The normalized spacial score (nSPS) is 10.9. The van der Waals surface area contributed by atoms with Gasteiger partial charge >= 0.3 is 0 Å². The Morgan fingerprint density at radius 3 is 2.90 bits per heavy atom. The number of aromatic nitrogens is 2. The largest absolute Gasteiger partial charge is 0.380 e. The van der Waals surface area contributed by atoms with Crippen molar-refractivity contribution in [2.24, 2.45) is 0 Å². The molecule has 0 aliphatic carbocycles. The van der Waals surface area contributed by atoms with Crippen molar-refractivity contribution < 1.29 is 0 Å². The van der Waals surface area contributed by atoms with Crippen LogP contribution in [0, 0.1) is 6.92 Å². The van der Waals surface area contributed by atoms with Gasteiger partial charge in [0.15, 0.2) is 0 Å². The summed E-state index contributed by atoms with van der Waals surface area (Å²) < 4.78 is 0. The quantitative estimate of drug-likeness (QED) is 0.747. The van der Waals surface area contributed by atoms with Crippen LogP contribution in [0.4, 0.5) is 5.69 Å². The number of nitrogens with zero attached hydrogens (tertiary/aromatic N) is 1. The van der Waals surface area contributed by atoms with Crippen LogP contribution in [0.15, 0.2) is 42.7 Å². The van der Waals surface area contributed by atoms with Gasteiger partial charge in [-0.3, -0.25) is 0 Å². The fourth-order valence-electron chi connectivity index (χ4n) is 2.62. The second kappa shape index (κ2) is 5.37. The van der Waals surface area contributed by atoms with Gasteiger partial charge in [0.1, 0.15) is 5.65 Å². The summed E-state index contributed by atoms with van der Waals surface area (Å²) in [6.45, 7) is 5.15. The average Bonchev–Trinajstić information content (AvgIpc) is 2.89. The zero-order valence-corrected chi connectivity index (χ0v) is 11.9. The first-order chi connectivity index (χ1) is 9.79. The predicted molar refractivity (Wildman–Crippen MR) is 84.0 cm³/mol. The highest BCUT2D eigenvalue weighted by molar-refractivity contribution is 5.79. The highest BCUT2D eigenvalue weighted by Crippen LogP contribution is 2.23. The molecule has 0 radical (unpaired) electrons. The maximum Gasteiger partial charge on any atom is 0.137 e. The number of aromatic amines is 1. The molecule has 0 amide bonds. The smallest absolute Gasteiger partial charge is 0.137 e. The van der Waals surface area contributed by atoms with E-state index in [2.05, 4.69) is 53.4 Å². The lowest BCUT2D eigenvalue weighted by Gasteiger charge is -2.13. The van der Waals surface area contributed by atoms with E-state index in [0.29, 0.717) is 0 Å². The number of aryl methyl sites for hydroxylation is 2. The van der Waals surface area contributed by atoms with E-state index in [1.807, 2.05) is 18.5 Å². The number of benzene rings is 1. The average molecular weight is 265 g/mol. The number of para-hydroxylation sites is 1. The molecular weight excluding hydrogens is 246 g/mol. The summed E-state index contributed by atoms with van der Waals surface area (Å²) in [5.41, 5.74) is 6.11. The first kappa shape index (κ1) is 12.7. The Hall–Kier alpha value is -2.29. The first-order valence-corrected chi connectivity index (χ1v) is 7.03. The van der Waals surface area contributed by atoms with Crippen LogP contribution in [0.25, 0.3) is 11.0 Å². The molecule has 3 heteroatoms. The van der Waals surface area contributed by atoms with Gasteiger partial charge < -0.3 is 10.3 Å². The number of nitrogens with one attached hydrogen (secondary N) is 2. The summed E-state index contributed by atoms with van der Waals surface area (Å²) in [7, 11) is 0. The van der Waals surface area contributed by atoms with Crippen LogP contribution in [0.1, 0.15) is 23.6 Å². The van der Waals surface area contributed by atoms with Crippen molar-refractivity contribution in [1.82, 2.24) is 9.97 Å². The van der Waals surface area contributed by atoms with Crippen LogP contribution in [-0.4, -0.2) is 9.97 Å². The van der Waals surface area contributed by atoms with Gasteiger partial charge in [-0.2, -0.15) is 0 Å². The number of fused-ring (bicyclic) bond motifs is 1. The molecule has 20 heavy (non-hydrogen) atoms. The summed E-state index contributed by atoms with van der Waals surface area (Å²) >= 11 is 0. The summed E-state index contributed by atoms with van der Waals surface area (Å²) in [6.07, 6.45) is 4.89. The van der Waals surface area contributed by atoms with Crippen LogP contribution >= 0.6 is 0 Å². The maximum atomic E-state index is 4.32. The summed E-state index contributed by atoms with van der Waals surface area (Å²) in [5.74, 6) is 0. The Labute approximate surface area is 119 Å². The second-order valence-corrected chi connectivity index (χ2v) is 5.03. The first-order valence-electron chi connectivity index (χ1n) is 7.03. The van der Waals surface area contributed by atoms with E-state index in [4.69, 9.17) is 0 Å². The minimum absolute atomic E-state index is 0.809. The Bertz CT molecular complexity index is 728. The predicted octanol–water partition coefficient (Wildman–Crippen LogP) is 4.05. The molecule has 1 aromatic carbocycles. The fourth-order valence-corrected chi connectivity index (χ4v) is 2.62. The van der Waals surface area contributed by atoms with E-state index >= 15 is 0 Å². The van der Waals surface area contributed by atoms with Crippen LogP contribution in [0.5, 0.6) is 0 Å². The van der Waals surface area contributed by atoms with Gasteiger partial charge in [0.25, 0.3) is 0 Å². The third-order valence-electron chi connectivity index (χ3n) is 3.73. The highest BCUT2D eigenvalue weighted by Gasteiger charge is 2.07. The van der Waals surface area contributed by atoms with Crippen molar-refractivity contribution in [3.63, 3.8) is 0 Å². The van der Waals surface area contributed by atoms with Crippen LogP contribution in [0.3, 0.4) is 0 Å². The molecule has 2 N–H and O–H groups in total. The highest BCUT2D eigenvalue weighted by atomic mass is 14.9. The van der Waals surface area contributed by atoms with Crippen molar-refractivity contribution in [2.45, 2.75) is 26.8 Å². The van der Waals surface area contributed by atoms with Crippen LogP contribution in [-0.2, 0) is 13.0 Å². The van der Waals surface area contributed by atoms with Crippen molar-refractivity contribution in [3.05, 3.63) is 59.4 Å². The lowest BCUT2D eigenvalue weighted by molar-refractivity contribution is 1.09. The Morgan fingerprint density at radius 2 is 2.05 bits per heavy atom. The molecule has 0 saturated heterocycles. The molecule has 0 aliphatic heterocycles. The lowest BCUT2D eigenvalue weighted by atomic mass is 10.1. The molecule has 3 aromatic rings. The third kappa shape index (κ3) is 2.27. The minimum atomic E-state index is 0.809. The molecule has 0 aliphatic rings. The van der Waals surface area contributed by atoms with E-state index in [0.717, 1.165) is 18.6 Å². The molecule has 3 nitrogen and oxygen atoms in total. The molecule has 0 atom stereocenters. The Kier molecular flexibility index (Phi) is 3.42. The van der Waals surface area contributed by atoms with Crippen LogP contribution < -0.4 is 5.32 Å². The number of rotatable bonds is 4. The fraction of sp³-hybridized carbons (Fsp3) is 0.235. The van der Waals surface area contributed by atoms with Crippen molar-refractivity contribution in [3.8, 4) is 0 Å². The number of hydrogen-bond donors (Lipinski definition) is 2. The van der Waals surface area contributed by atoms with Crippen molar-refractivity contribution >= 4 is 16.7 Å². The molecule has 0 saturated carbocycles. The molecule has 0 spiro atoms. The molecule has 2 aromatic heterocycles. The zero-order valence-electron chi connectivity index (χ0n) is 11.9. The van der Waals surface area contributed by atoms with Gasteiger partial charge in [0.2, 0.25) is 0 Å². The Morgan fingerprint density at radius 1 is 1.15 bits per heavy atom. The molecule has 0 fully saturated rings. The van der Waals surface area contributed by atoms with E-state index in [1.165, 1.54) is 27.8 Å². The standard InChI is InChI=1S/C17H19N3/c1-3-13-7-4-6-12(2)16(13)19-10-14-11-20-17-15(14)8-5-9-18-17/h4-9,11,19H,3,10H2,1-2H3,(H,18,20). The summed E-state index contributed by atoms with van der Waals surface area (Å²) in [5, 5.41) is 4.77. The number of anilines is 1. The zero-order chi connectivity index (χ0) is 13.9. The van der Waals surface area contributed by atoms with Gasteiger partial charge in [-0.25, -0.2) is 4.98 Å². The molecule has 2 heterocycles. The molecular formula is C17H19N3. The molecule has 0 unspecified atom stereocenters. The van der Waals surface area contributed by atoms with E-state index in [9.17, 15) is 0 Å². The maximum absolute atomic E-state index is 4.32. The van der Waals surface area contributed by atoms with Crippen LogP contribution in [0.2, 0.25) is 0 Å². The van der Waals surface area contributed by atoms with E-state index < -0.39 is 0 Å². The van der Waals surface area contributed by atoms with Crippen molar-refractivity contribution in [1.29, 1.82) is 0 Å². The number of hydrogen-bond acceptors (Lipinski definition) is 2. The lowest BCUT2D eigenvalue weighted by Crippen LogP contribution is -2.03. The van der Waals surface area contributed by atoms with E-state index in [1.54, 1.807) is 0 Å².